The minimum atomic E-state index is -0.247. The van der Waals surface area contributed by atoms with Crippen LogP contribution in [0.15, 0.2) is 72.9 Å². The molecule has 2 aromatic carbocycles. The maximum absolute atomic E-state index is 12.7. The molecule has 0 saturated carbocycles. The van der Waals surface area contributed by atoms with Crippen molar-refractivity contribution in [3.05, 3.63) is 84.1 Å². The van der Waals surface area contributed by atoms with E-state index in [-0.39, 0.29) is 11.7 Å². The van der Waals surface area contributed by atoms with Gasteiger partial charge < -0.3 is 10.2 Å². The molecule has 1 amide bonds. The summed E-state index contributed by atoms with van der Waals surface area (Å²) < 4.78 is 0. The third-order valence-electron chi connectivity index (χ3n) is 4.20. The van der Waals surface area contributed by atoms with Crippen molar-refractivity contribution in [3.63, 3.8) is 0 Å². The fourth-order valence-electron chi connectivity index (χ4n) is 2.81. The summed E-state index contributed by atoms with van der Waals surface area (Å²) in [5, 5.41) is 2.84. The van der Waals surface area contributed by atoms with Crippen LogP contribution in [0.4, 0.5) is 17.2 Å². The normalized spacial score (nSPS) is 10.3. The average molecular weight is 359 g/mol. The van der Waals surface area contributed by atoms with Crippen LogP contribution < -0.4 is 10.2 Å². The average Bonchev–Trinajstić information content (AvgIpc) is 2.70. The smallest absolute Gasteiger partial charge is 0.255 e. The monoisotopic (exact) mass is 359 g/mol. The van der Waals surface area contributed by atoms with E-state index in [0.29, 0.717) is 22.6 Å². The van der Waals surface area contributed by atoms with Gasteiger partial charge in [-0.2, -0.15) is 0 Å². The standard InChI is InChI=1S/C22H21N3O2/c1-3-25(20-10-5-4-6-11-20)21-15-18(12-13-23-21)22(27)24-19-9-7-8-17(14-19)16(2)26/h4-15H,3H2,1-2H3,(H,24,27). The van der Waals surface area contributed by atoms with Crippen molar-refractivity contribution in [1.82, 2.24) is 4.98 Å². The third-order valence-corrected chi connectivity index (χ3v) is 4.20. The summed E-state index contributed by atoms with van der Waals surface area (Å²) in [6.45, 7) is 4.26. The van der Waals surface area contributed by atoms with Gasteiger partial charge in [0.25, 0.3) is 5.91 Å². The summed E-state index contributed by atoms with van der Waals surface area (Å²) in [5.41, 5.74) is 2.66. The Labute approximate surface area is 158 Å². The molecule has 1 heterocycles. The first-order valence-electron chi connectivity index (χ1n) is 8.79. The molecule has 5 heteroatoms. The zero-order valence-electron chi connectivity index (χ0n) is 15.3. The highest BCUT2D eigenvalue weighted by atomic mass is 16.1. The molecular formula is C22H21N3O2. The summed E-state index contributed by atoms with van der Waals surface area (Å²) in [5.74, 6) is 0.413. The number of hydrogen-bond donors (Lipinski definition) is 1. The highest BCUT2D eigenvalue weighted by Crippen LogP contribution is 2.24. The number of Topliss-reactive ketones (excluding diaryl/α,β-unsaturated/α-hetero) is 1. The highest BCUT2D eigenvalue weighted by molar-refractivity contribution is 6.05. The van der Waals surface area contributed by atoms with Crippen LogP contribution in [-0.2, 0) is 0 Å². The van der Waals surface area contributed by atoms with E-state index in [1.807, 2.05) is 42.2 Å². The first-order valence-corrected chi connectivity index (χ1v) is 8.79. The topological polar surface area (TPSA) is 62.3 Å². The van der Waals surface area contributed by atoms with Crippen molar-refractivity contribution in [2.75, 3.05) is 16.8 Å². The van der Waals surface area contributed by atoms with E-state index < -0.39 is 0 Å². The van der Waals surface area contributed by atoms with Gasteiger partial charge in [-0.3, -0.25) is 9.59 Å². The number of aromatic nitrogens is 1. The number of pyridine rings is 1. The van der Waals surface area contributed by atoms with Gasteiger partial charge in [-0.25, -0.2) is 4.98 Å². The fourth-order valence-corrected chi connectivity index (χ4v) is 2.81. The second kappa shape index (κ2) is 8.27. The quantitative estimate of drug-likeness (QED) is 0.648. The zero-order chi connectivity index (χ0) is 19.2. The van der Waals surface area contributed by atoms with Gasteiger partial charge in [0, 0.05) is 35.2 Å². The van der Waals surface area contributed by atoms with E-state index in [9.17, 15) is 9.59 Å². The molecule has 1 aromatic heterocycles. The van der Waals surface area contributed by atoms with Crippen LogP contribution in [0.25, 0.3) is 0 Å². The van der Waals surface area contributed by atoms with E-state index in [1.165, 1.54) is 6.92 Å². The van der Waals surface area contributed by atoms with Crippen molar-refractivity contribution >= 4 is 28.9 Å². The van der Waals surface area contributed by atoms with E-state index in [1.54, 1.807) is 42.6 Å². The minimum absolute atomic E-state index is 0.0428. The van der Waals surface area contributed by atoms with E-state index in [4.69, 9.17) is 0 Å². The molecule has 3 rings (SSSR count). The van der Waals surface area contributed by atoms with Crippen LogP contribution in [0.1, 0.15) is 34.6 Å². The summed E-state index contributed by atoms with van der Waals surface area (Å²) in [4.78, 5) is 30.6. The molecule has 1 N–H and O–H groups in total. The molecule has 3 aromatic rings. The number of nitrogens with one attached hydrogen (secondary N) is 1. The number of rotatable bonds is 6. The molecule has 136 valence electrons. The predicted octanol–water partition coefficient (Wildman–Crippen LogP) is 4.69. The molecule has 5 nitrogen and oxygen atoms in total. The number of amides is 1. The van der Waals surface area contributed by atoms with E-state index in [0.717, 1.165) is 12.2 Å². The lowest BCUT2D eigenvalue weighted by Crippen LogP contribution is -2.19. The first kappa shape index (κ1) is 18.3. The number of nitrogens with zero attached hydrogens (tertiary/aromatic N) is 2. The molecule has 0 aliphatic carbocycles. The second-order valence-corrected chi connectivity index (χ2v) is 6.07. The summed E-state index contributed by atoms with van der Waals surface area (Å²) in [6.07, 6.45) is 1.63. The Morgan fingerprint density at radius 1 is 0.963 bits per heavy atom. The first-order chi connectivity index (χ1) is 13.1. The molecule has 27 heavy (non-hydrogen) atoms. The Morgan fingerprint density at radius 2 is 1.74 bits per heavy atom. The molecule has 0 radical (unpaired) electrons. The van der Waals surface area contributed by atoms with Gasteiger partial charge >= 0.3 is 0 Å². The molecule has 0 bridgehead atoms. The number of benzene rings is 2. The Bertz CT molecular complexity index is 955. The lowest BCUT2D eigenvalue weighted by Gasteiger charge is -2.22. The van der Waals surface area contributed by atoms with Crippen LogP contribution in [0.2, 0.25) is 0 Å². The van der Waals surface area contributed by atoms with Crippen LogP contribution in [0.5, 0.6) is 0 Å². The molecular weight excluding hydrogens is 338 g/mol. The molecule has 0 unspecified atom stereocenters. The van der Waals surface area contributed by atoms with Gasteiger partial charge in [-0.05, 0) is 50.2 Å². The van der Waals surface area contributed by atoms with Crippen molar-refractivity contribution in [3.8, 4) is 0 Å². The summed E-state index contributed by atoms with van der Waals surface area (Å²) in [6, 6.07) is 20.2. The maximum Gasteiger partial charge on any atom is 0.255 e. The lowest BCUT2D eigenvalue weighted by atomic mass is 10.1. The highest BCUT2D eigenvalue weighted by Gasteiger charge is 2.13. The number of hydrogen-bond acceptors (Lipinski definition) is 4. The number of carbonyl (C=O) groups is 2. The molecule has 0 aliphatic heterocycles. The number of ketones is 1. The largest absolute Gasteiger partial charge is 0.327 e. The van der Waals surface area contributed by atoms with Gasteiger partial charge in [-0.15, -0.1) is 0 Å². The predicted molar refractivity (Wildman–Crippen MR) is 108 cm³/mol. The van der Waals surface area contributed by atoms with Gasteiger partial charge in [0.1, 0.15) is 5.82 Å². The van der Waals surface area contributed by atoms with E-state index in [2.05, 4.69) is 10.3 Å². The maximum atomic E-state index is 12.7. The molecule has 0 aliphatic rings. The number of anilines is 3. The molecule has 0 atom stereocenters. The van der Waals surface area contributed by atoms with Crippen LogP contribution in [0.3, 0.4) is 0 Å². The number of para-hydroxylation sites is 1. The third kappa shape index (κ3) is 4.39. The van der Waals surface area contributed by atoms with Gasteiger partial charge in [0.05, 0.1) is 0 Å². The van der Waals surface area contributed by atoms with Crippen molar-refractivity contribution in [2.24, 2.45) is 0 Å². The van der Waals surface area contributed by atoms with Crippen LogP contribution >= 0.6 is 0 Å². The second-order valence-electron chi connectivity index (χ2n) is 6.07. The van der Waals surface area contributed by atoms with Gasteiger partial charge in [0.15, 0.2) is 5.78 Å². The minimum Gasteiger partial charge on any atom is -0.327 e. The summed E-state index contributed by atoms with van der Waals surface area (Å²) in [7, 11) is 0. The lowest BCUT2D eigenvalue weighted by molar-refractivity contribution is 0.101. The molecule has 0 spiro atoms. The van der Waals surface area contributed by atoms with Crippen LogP contribution in [-0.4, -0.2) is 23.2 Å². The Balaban J connectivity index is 1.83. The zero-order valence-corrected chi connectivity index (χ0v) is 15.3. The SMILES string of the molecule is CCN(c1ccccc1)c1cc(C(=O)Nc2cccc(C(C)=O)c2)ccn1. The molecule has 0 saturated heterocycles. The van der Waals surface area contributed by atoms with E-state index >= 15 is 0 Å². The van der Waals surface area contributed by atoms with Crippen molar-refractivity contribution in [2.45, 2.75) is 13.8 Å². The molecule has 0 fully saturated rings. The fraction of sp³-hybridized carbons (Fsp3) is 0.136. The Hall–Kier alpha value is -3.47. The van der Waals surface area contributed by atoms with Crippen molar-refractivity contribution in [1.29, 1.82) is 0 Å². The summed E-state index contributed by atoms with van der Waals surface area (Å²) >= 11 is 0. The number of carbonyl (C=O) groups excluding carboxylic acids is 2. The van der Waals surface area contributed by atoms with Crippen molar-refractivity contribution < 1.29 is 9.59 Å². The Morgan fingerprint density at radius 3 is 2.44 bits per heavy atom. The Kier molecular flexibility index (Phi) is 5.61. The van der Waals surface area contributed by atoms with Gasteiger partial charge in [-0.1, -0.05) is 30.3 Å². The van der Waals surface area contributed by atoms with Crippen LogP contribution in [0, 0.1) is 0 Å². The van der Waals surface area contributed by atoms with Gasteiger partial charge in [0.2, 0.25) is 0 Å².